The summed E-state index contributed by atoms with van der Waals surface area (Å²) in [6.45, 7) is 8.76. The van der Waals surface area contributed by atoms with Gasteiger partial charge in [-0.1, -0.05) is 30.3 Å². The number of benzene rings is 3. The van der Waals surface area contributed by atoms with Gasteiger partial charge in [0.2, 0.25) is 17.6 Å². The number of H-pyrrole nitrogens is 1. The molecule has 1 aliphatic heterocycles. The van der Waals surface area contributed by atoms with E-state index in [1.54, 1.807) is 24.3 Å². The van der Waals surface area contributed by atoms with Crippen molar-refractivity contribution >= 4 is 29.5 Å². The van der Waals surface area contributed by atoms with Crippen molar-refractivity contribution in [1.29, 1.82) is 0 Å². The first-order valence-corrected chi connectivity index (χ1v) is 19.2. The first-order valence-electron chi connectivity index (χ1n) is 19.2. The molecule has 1 saturated carbocycles. The quantitative estimate of drug-likeness (QED) is 0.107. The van der Waals surface area contributed by atoms with Gasteiger partial charge in [0.1, 0.15) is 6.04 Å². The van der Waals surface area contributed by atoms with Gasteiger partial charge in [-0.2, -0.15) is 5.21 Å². The van der Waals surface area contributed by atoms with Crippen LogP contribution in [-0.2, 0) is 16.0 Å². The summed E-state index contributed by atoms with van der Waals surface area (Å²) in [5, 5.41) is 34.6. The smallest absolute Gasteiger partial charge is 0.404 e. The number of aromatic amines is 1. The van der Waals surface area contributed by atoms with E-state index in [-0.39, 0.29) is 42.0 Å². The van der Waals surface area contributed by atoms with Gasteiger partial charge >= 0.3 is 6.09 Å². The Bertz CT molecular complexity index is 1920. The summed E-state index contributed by atoms with van der Waals surface area (Å²) < 4.78 is 0. The van der Waals surface area contributed by atoms with Crippen molar-refractivity contribution in [3.05, 3.63) is 83.4 Å². The summed E-state index contributed by atoms with van der Waals surface area (Å²) in [6.07, 6.45) is 3.82. The number of hydrogen-bond acceptors (Lipinski definition) is 8. The fourth-order valence-electron chi connectivity index (χ4n) is 7.59. The molecule has 0 spiro atoms. The number of carbonyl (C=O) groups excluding carboxylic acids is 3. The van der Waals surface area contributed by atoms with Gasteiger partial charge in [-0.25, -0.2) is 4.79 Å². The van der Waals surface area contributed by atoms with E-state index in [1.165, 1.54) is 0 Å². The Morgan fingerprint density at radius 3 is 2.20 bits per heavy atom. The molecule has 1 atom stereocenters. The molecule has 6 N–H and O–H groups in total. The molecule has 2 heterocycles. The zero-order chi connectivity index (χ0) is 38.9. The Balaban J connectivity index is 1.11. The molecule has 55 heavy (non-hydrogen) atoms. The van der Waals surface area contributed by atoms with Crippen molar-refractivity contribution in [3.8, 4) is 22.5 Å². The minimum absolute atomic E-state index is 0.0504. The number of aryl methyl sites for hydroxylation is 1. The number of tetrazole rings is 1. The van der Waals surface area contributed by atoms with Crippen LogP contribution in [0.25, 0.3) is 22.5 Å². The van der Waals surface area contributed by atoms with Gasteiger partial charge < -0.3 is 31.3 Å². The van der Waals surface area contributed by atoms with Crippen molar-refractivity contribution in [2.45, 2.75) is 83.8 Å². The molecular weight excluding hydrogens is 699 g/mol. The van der Waals surface area contributed by atoms with Gasteiger partial charge in [-0.05, 0) is 129 Å². The van der Waals surface area contributed by atoms with Crippen LogP contribution >= 0.6 is 0 Å². The molecule has 14 nitrogen and oxygen atoms in total. The van der Waals surface area contributed by atoms with Gasteiger partial charge in [0, 0.05) is 60.9 Å². The second kappa shape index (κ2) is 18.1. The average Bonchev–Trinajstić information content (AvgIpc) is 3.73. The van der Waals surface area contributed by atoms with E-state index in [0.717, 1.165) is 66.6 Å². The lowest BCUT2D eigenvalue weighted by atomic mass is 9.81. The molecule has 4 amide bonds. The number of amides is 4. The highest BCUT2D eigenvalue weighted by Gasteiger charge is 2.30. The van der Waals surface area contributed by atoms with Crippen LogP contribution in [0.3, 0.4) is 0 Å². The highest BCUT2D eigenvalue weighted by Crippen LogP contribution is 2.29. The second-order valence-electron chi connectivity index (χ2n) is 15.1. The highest BCUT2D eigenvalue weighted by molar-refractivity contribution is 5.98. The lowest BCUT2D eigenvalue weighted by molar-refractivity contribution is -0.130. The normalized spacial score (nSPS) is 18.3. The molecule has 0 bridgehead atoms. The number of nitrogens with one attached hydrogen (secondary N) is 5. The third-order valence-corrected chi connectivity index (χ3v) is 10.9. The molecular formula is C41H51N9O5. The number of aromatic nitrogens is 4. The molecule has 0 radical (unpaired) electrons. The zero-order valence-corrected chi connectivity index (χ0v) is 31.7. The molecule has 1 saturated heterocycles. The predicted molar refractivity (Wildman–Crippen MR) is 209 cm³/mol. The highest BCUT2D eigenvalue weighted by atomic mass is 16.4. The molecule has 2 aliphatic rings. The molecule has 14 heteroatoms. The van der Waals surface area contributed by atoms with Crippen molar-refractivity contribution < 1.29 is 24.3 Å². The van der Waals surface area contributed by atoms with E-state index in [1.807, 2.05) is 49.4 Å². The summed E-state index contributed by atoms with van der Waals surface area (Å²) in [5.41, 5.74) is 5.78. The topological polar surface area (TPSA) is 194 Å². The van der Waals surface area contributed by atoms with Crippen LogP contribution in [0, 0.1) is 18.8 Å². The summed E-state index contributed by atoms with van der Waals surface area (Å²) in [5.74, 6) is -0.230. The van der Waals surface area contributed by atoms with Crippen molar-refractivity contribution in [1.82, 2.24) is 41.5 Å². The fraction of sp³-hybridized carbons (Fsp3) is 0.439. The number of nitrogens with zero attached hydrogens (tertiary/aromatic N) is 4. The Kier molecular flexibility index (Phi) is 12.9. The molecule has 3 aromatic carbocycles. The van der Waals surface area contributed by atoms with Gasteiger partial charge in [-0.3, -0.25) is 14.4 Å². The molecule has 6 rings (SSSR count). The van der Waals surface area contributed by atoms with Gasteiger partial charge in [-0.15, -0.1) is 10.2 Å². The van der Waals surface area contributed by atoms with Crippen LogP contribution in [-0.4, -0.2) is 92.2 Å². The summed E-state index contributed by atoms with van der Waals surface area (Å²) in [4.78, 5) is 53.8. The molecule has 290 valence electrons. The standard InChI is InChI=1S/C41H51N9O5/c1-25(2)50-20-18-34(19-21-50)43-39(52)32-14-17-35(26(3)22-32)29-8-4-27(5-9-29)23-36(45-38(51)31-10-6-28(7-11-31)24-42-41(54)55)40(53)44-33-15-12-30(13-16-33)37-46-48-49-47-37/h4-5,8-9,12-17,22,25,28,31,34,36,42H,6-7,10-11,18-21,23-24H2,1-3H3,(H,43,52)(H,44,53)(H,45,51)(H,54,55)(H,46,47,48,49)/t28?,31?,36-/m0/s1. The second-order valence-corrected chi connectivity index (χ2v) is 15.1. The fourth-order valence-corrected chi connectivity index (χ4v) is 7.59. The maximum Gasteiger partial charge on any atom is 0.404 e. The molecule has 2 fully saturated rings. The van der Waals surface area contributed by atoms with Crippen LogP contribution in [0.5, 0.6) is 0 Å². The van der Waals surface area contributed by atoms with Crippen molar-refractivity contribution in [2.75, 3.05) is 25.0 Å². The molecule has 1 aliphatic carbocycles. The minimum atomic E-state index is -1.05. The van der Waals surface area contributed by atoms with Crippen LogP contribution in [0.15, 0.2) is 66.7 Å². The number of carboxylic acid groups (broad SMARTS) is 1. The van der Waals surface area contributed by atoms with Crippen LogP contribution in [0.4, 0.5) is 10.5 Å². The minimum Gasteiger partial charge on any atom is -0.465 e. The number of hydrogen-bond donors (Lipinski definition) is 6. The van der Waals surface area contributed by atoms with E-state index in [9.17, 15) is 19.2 Å². The number of rotatable bonds is 13. The van der Waals surface area contributed by atoms with Crippen molar-refractivity contribution in [2.24, 2.45) is 11.8 Å². The number of likely N-dealkylation sites (tertiary alicyclic amines) is 1. The van der Waals surface area contributed by atoms with Crippen molar-refractivity contribution in [3.63, 3.8) is 0 Å². The Hall–Kier alpha value is -5.63. The van der Waals surface area contributed by atoms with E-state index in [0.29, 0.717) is 42.5 Å². The predicted octanol–water partition coefficient (Wildman–Crippen LogP) is 5.18. The Morgan fingerprint density at radius 1 is 0.891 bits per heavy atom. The number of carbonyl (C=O) groups is 4. The molecule has 1 aromatic heterocycles. The average molecular weight is 750 g/mol. The third-order valence-electron chi connectivity index (χ3n) is 10.9. The molecule has 4 aromatic rings. The first-order chi connectivity index (χ1) is 26.5. The van der Waals surface area contributed by atoms with Gasteiger partial charge in [0.15, 0.2) is 0 Å². The molecule has 0 unspecified atom stereocenters. The number of anilines is 1. The SMILES string of the molecule is Cc1cc(C(=O)NC2CCN(C(C)C)CC2)ccc1-c1ccc(C[C@H](NC(=O)C2CCC(CNC(=O)O)CC2)C(=O)Nc2ccc(-c3nn[nH]n3)cc2)cc1. The van der Waals surface area contributed by atoms with Gasteiger partial charge in [0.05, 0.1) is 0 Å². The van der Waals surface area contributed by atoms with Crippen LogP contribution in [0.1, 0.15) is 73.9 Å². The van der Waals surface area contributed by atoms with E-state index >= 15 is 0 Å². The maximum absolute atomic E-state index is 13.8. The first kappa shape index (κ1) is 39.1. The largest absolute Gasteiger partial charge is 0.465 e. The monoisotopic (exact) mass is 749 g/mol. The Morgan fingerprint density at radius 2 is 1.58 bits per heavy atom. The summed E-state index contributed by atoms with van der Waals surface area (Å²) in [7, 11) is 0. The summed E-state index contributed by atoms with van der Waals surface area (Å²) in [6, 6.07) is 20.6. The van der Waals surface area contributed by atoms with E-state index in [4.69, 9.17) is 5.11 Å². The van der Waals surface area contributed by atoms with E-state index < -0.39 is 12.1 Å². The third kappa shape index (κ3) is 10.5. The van der Waals surface area contributed by atoms with Crippen LogP contribution in [0.2, 0.25) is 0 Å². The maximum atomic E-state index is 13.8. The zero-order valence-electron chi connectivity index (χ0n) is 31.7. The van der Waals surface area contributed by atoms with Gasteiger partial charge in [0.25, 0.3) is 5.91 Å². The van der Waals surface area contributed by atoms with Crippen LogP contribution < -0.4 is 21.3 Å². The lowest BCUT2D eigenvalue weighted by Gasteiger charge is -2.34. The Labute approximate surface area is 321 Å². The van der Waals surface area contributed by atoms with E-state index in [2.05, 4.69) is 60.6 Å². The lowest BCUT2D eigenvalue weighted by Crippen LogP contribution is -2.48. The summed E-state index contributed by atoms with van der Waals surface area (Å²) >= 11 is 0. The number of piperidine rings is 1.